The lowest BCUT2D eigenvalue weighted by molar-refractivity contribution is -0.288. The van der Waals surface area contributed by atoms with Gasteiger partial charge >= 0.3 is 6.36 Å². The van der Waals surface area contributed by atoms with Gasteiger partial charge in [-0.05, 0) is 0 Å². The summed E-state index contributed by atoms with van der Waals surface area (Å²) in [6.07, 6.45) is -4.15. The van der Waals surface area contributed by atoms with Crippen LogP contribution in [0.25, 0.3) is 0 Å². The van der Waals surface area contributed by atoms with Crippen LogP contribution in [0.1, 0.15) is 19.8 Å². The number of hydrogen-bond acceptors (Lipinski definition) is 4. The Kier molecular flexibility index (Phi) is 4.80. The van der Waals surface area contributed by atoms with Gasteiger partial charge in [0, 0.05) is 49.7 Å². The molecule has 4 nitrogen and oxygen atoms in total. The minimum atomic E-state index is -5.16. The second-order valence-electron chi connectivity index (χ2n) is 6.41. The van der Waals surface area contributed by atoms with Gasteiger partial charge in [-0.3, -0.25) is 0 Å². The summed E-state index contributed by atoms with van der Waals surface area (Å²) in [6.45, 7) is 4.01. The highest BCUT2D eigenvalue weighted by molar-refractivity contribution is 5.51. The molecule has 0 radical (unpaired) electrons. The molecule has 0 aromatic heterocycles. The third kappa shape index (κ3) is 4.14. The molecule has 0 saturated carbocycles. The summed E-state index contributed by atoms with van der Waals surface area (Å²) in [5, 5.41) is 0. The number of ether oxygens (including phenoxy) is 3. The van der Waals surface area contributed by atoms with E-state index in [1.165, 1.54) is 0 Å². The molecule has 1 aromatic rings. The maximum Gasteiger partial charge on any atom is 0.573 e. The smallest absolute Gasteiger partial charge is 0.399 e. The van der Waals surface area contributed by atoms with Crippen LogP contribution < -0.4 is 9.64 Å². The molecule has 25 heavy (non-hydrogen) atoms. The number of halogens is 5. The normalized spacial score (nSPS) is 21.6. The van der Waals surface area contributed by atoms with Gasteiger partial charge in [0.05, 0.1) is 13.2 Å². The number of anilines is 1. The maximum atomic E-state index is 13.8. The molecule has 0 atom stereocenters. The highest BCUT2D eigenvalue weighted by Crippen LogP contribution is 2.36. The molecule has 2 fully saturated rings. The van der Waals surface area contributed by atoms with E-state index < -0.39 is 29.5 Å². The maximum absolute atomic E-state index is 13.8. The Bertz CT molecular complexity index is 596. The fourth-order valence-electron chi connectivity index (χ4n) is 3.01. The number of hydrogen-bond donors (Lipinski definition) is 0. The van der Waals surface area contributed by atoms with Crippen molar-refractivity contribution in [2.24, 2.45) is 5.92 Å². The predicted molar refractivity (Wildman–Crippen MR) is 78.3 cm³/mol. The third-order valence-electron chi connectivity index (χ3n) is 4.35. The van der Waals surface area contributed by atoms with Gasteiger partial charge in [0.1, 0.15) is 0 Å². The first kappa shape index (κ1) is 18.2. The summed E-state index contributed by atoms with van der Waals surface area (Å²) in [5.41, 5.74) is 0.156. The standard InChI is InChI=1S/C16H18F5NO3/c1-10-8-23-15(24-9-10)2-4-22(5-3-15)11-6-12(17)14(13(18)7-11)25-16(19,20)21/h6-7,10H,2-5,8-9H2,1H3. The van der Waals surface area contributed by atoms with Crippen LogP contribution >= 0.6 is 0 Å². The zero-order valence-electron chi connectivity index (χ0n) is 13.5. The molecule has 2 heterocycles. The first-order chi connectivity index (χ1) is 11.7. The van der Waals surface area contributed by atoms with Gasteiger partial charge in [-0.1, -0.05) is 6.92 Å². The predicted octanol–water partition coefficient (Wildman–Crippen LogP) is 3.84. The Balaban J connectivity index is 1.69. The molecule has 0 bridgehead atoms. The summed E-state index contributed by atoms with van der Waals surface area (Å²) >= 11 is 0. The topological polar surface area (TPSA) is 30.9 Å². The first-order valence-electron chi connectivity index (χ1n) is 7.95. The molecule has 2 aliphatic rings. The molecule has 0 N–H and O–H groups in total. The molecule has 2 aliphatic heterocycles. The highest BCUT2D eigenvalue weighted by atomic mass is 19.4. The van der Waals surface area contributed by atoms with Crippen molar-refractivity contribution in [3.05, 3.63) is 23.8 Å². The van der Waals surface area contributed by atoms with Crippen molar-refractivity contribution in [2.45, 2.75) is 31.9 Å². The lowest BCUT2D eigenvalue weighted by Gasteiger charge is -2.45. The lowest BCUT2D eigenvalue weighted by Crippen LogP contribution is -2.51. The van der Waals surface area contributed by atoms with Crippen LogP contribution in [0.15, 0.2) is 12.1 Å². The Morgan fingerprint density at radius 1 is 1.08 bits per heavy atom. The van der Waals surface area contributed by atoms with E-state index in [1.807, 2.05) is 6.92 Å². The Hall–Kier alpha value is -1.61. The van der Waals surface area contributed by atoms with Crippen molar-refractivity contribution in [3.8, 4) is 5.75 Å². The van der Waals surface area contributed by atoms with E-state index in [2.05, 4.69) is 4.74 Å². The van der Waals surface area contributed by atoms with Crippen LogP contribution in [0.5, 0.6) is 5.75 Å². The van der Waals surface area contributed by atoms with Gasteiger partial charge < -0.3 is 19.1 Å². The van der Waals surface area contributed by atoms with Crippen LogP contribution in [0.3, 0.4) is 0 Å². The minimum Gasteiger partial charge on any atom is -0.399 e. The number of rotatable bonds is 2. The van der Waals surface area contributed by atoms with Gasteiger partial charge in [-0.2, -0.15) is 0 Å². The molecule has 0 unspecified atom stereocenters. The van der Waals surface area contributed by atoms with Crippen molar-refractivity contribution in [2.75, 3.05) is 31.2 Å². The van der Waals surface area contributed by atoms with E-state index in [9.17, 15) is 22.0 Å². The fourth-order valence-corrected chi connectivity index (χ4v) is 3.01. The summed E-state index contributed by atoms with van der Waals surface area (Å²) in [7, 11) is 0. The van der Waals surface area contributed by atoms with Gasteiger partial charge in [0.2, 0.25) is 5.75 Å². The largest absolute Gasteiger partial charge is 0.573 e. The number of benzene rings is 1. The zero-order valence-corrected chi connectivity index (χ0v) is 13.5. The molecule has 3 rings (SSSR count). The van der Waals surface area contributed by atoms with E-state index in [4.69, 9.17) is 9.47 Å². The van der Waals surface area contributed by atoms with Gasteiger partial charge in [-0.15, -0.1) is 13.2 Å². The van der Waals surface area contributed by atoms with Crippen molar-refractivity contribution in [1.82, 2.24) is 0 Å². The number of alkyl halides is 3. The molecule has 0 aliphatic carbocycles. The average molecular weight is 367 g/mol. The Labute approximate surface area is 141 Å². The van der Waals surface area contributed by atoms with Crippen molar-refractivity contribution < 1.29 is 36.2 Å². The highest BCUT2D eigenvalue weighted by Gasteiger charge is 2.40. The van der Waals surface area contributed by atoms with Gasteiger partial charge in [0.25, 0.3) is 0 Å². The summed E-state index contributed by atoms with van der Waals surface area (Å²) < 4.78 is 79.2. The summed E-state index contributed by atoms with van der Waals surface area (Å²) in [4.78, 5) is 1.68. The van der Waals surface area contributed by atoms with E-state index in [1.54, 1.807) is 4.90 Å². The monoisotopic (exact) mass is 367 g/mol. The van der Waals surface area contributed by atoms with Crippen molar-refractivity contribution >= 4 is 5.69 Å². The second-order valence-corrected chi connectivity index (χ2v) is 6.41. The first-order valence-corrected chi connectivity index (χ1v) is 7.95. The fraction of sp³-hybridized carbons (Fsp3) is 0.625. The molecular weight excluding hydrogens is 349 g/mol. The Morgan fingerprint density at radius 3 is 2.08 bits per heavy atom. The van der Waals surface area contributed by atoms with Gasteiger partial charge in [0.15, 0.2) is 17.4 Å². The van der Waals surface area contributed by atoms with Crippen LogP contribution in [0, 0.1) is 17.6 Å². The number of nitrogens with zero attached hydrogens (tertiary/aromatic N) is 1. The van der Waals surface area contributed by atoms with Crippen LogP contribution in [-0.2, 0) is 9.47 Å². The van der Waals surface area contributed by atoms with Crippen molar-refractivity contribution in [3.63, 3.8) is 0 Å². The second kappa shape index (κ2) is 6.60. The summed E-state index contributed by atoms with van der Waals surface area (Å²) in [6, 6.07) is 1.68. The Morgan fingerprint density at radius 2 is 1.60 bits per heavy atom. The van der Waals surface area contributed by atoms with E-state index >= 15 is 0 Å². The molecule has 140 valence electrons. The molecule has 1 spiro atoms. The third-order valence-corrected chi connectivity index (χ3v) is 4.35. The molecule has 2 saturated heterocycles. The summed E-state index contributed by atoms with van der Waals surface area (Å²) in [5.74, 6) is -4.61. The minimum absolute atomic E-state index is 0.156. The zero-order chi connectivity index (χ0) is 18.2. The van der Waals surface area contributed by atoms with Gasteiger partial charge in [-0.25, -0.2) is 8.78 Å². The molecule has 1 aromatic carbocycles. The SMILES string of the molecule is CC1COC2(CCN(c3cc(F)c(OC(F)(F)F)c(F)c3)CC2)OC1. The van der Waals surface area contributed by atoms with E-state index in [-0.39, 0.29) is 5.69 Å². The van der Waals surface area contributed by atoms with E-state index in [0.717, 1.165) is 12.1 Å². The van der Waals surface area contributed by atoms with Crippen molar-refractivity contribution in [1.29, 1.82) is 0 Å². The average Bonchev–Trinajstić information content (AvgIpc) is 2.54. The van der Waals surface area contributed by atoms with Crippen LogP contribution in [-0.4, -0.2) is 38.5 Å². The molecule has 9 heteroatoms. The van der Waals surface area contributed by atoms with E-state index in [0.29, 0.717) is 45.1 Å². The lowest BCUT2D eigenvalue weighted by atomic mass is 10.0. The quantitative estimate of drug-likeness (QED) is 0.744. The number of piperidine rings is 1. The van der Waals surface area contributed by atoms with Crippen LogP contribution in [0.2, 0.25) is 0 Å². The molecule has 0 amide bonds. The molecular formula is C16H18F5NO3. The van der Waals surface area contributed by atoms with Crippen LogP contribution in [0.4, 0.5) is 27.6 Å².